The van der Waals surface area contributed by atoms with Gasteiger partial charge in [-0.3, -0.25) is 0 Å². The first-order chi connectivity index (χ1) is 10.9. The van der Waals surface area contributed by atoms with Crippen LogP contribution < -0.4 is 5.69 Å². The van der Waals surface area contributed by atoms with Gasteiger partial charge in [-0.15, -0.1) is 0 Å². The Bertz CT molecular complexity index is 737. The molecular weight excluding hydrogens is 310 g/mol. The molecule has 0 N–H and O–H groups in total. The van der Waals surface area contributed by atoms with E-state index in [-0.39, 0.29) is 12.4 Å². The summed E-state index contributed by atoms with van der Waals surface area (Å²) in [7, 11) is -1.14. The number of hydrogen-bond donors (Lipinski definition) is 0. The molecule has 0 amide bonds. The number of aromatic nitrogens is 4. The zero-order chi connectivity index (χ0) is 16.9. The molecule has 8 heteroatoms. The highest BCUT2D eigenvalue weighted by Crippen LogP contribution is 2.07. The van der Waals surface area contributed by atoms with Crippen LogP contribution >= 0.6 is 0 Å². The highest BCUT2D eigenvalue weighted by Gasteiger charge is 2.13. The van der Waals surface area contributed by atoms with Gasteiger partial charge in [0.1, 0.15) is 6.73 Å². The van der Waals surface area contributed by atoms with Crippen LogP contribution in [0.15, 0.2) is 29.1 Å². The lowest BCUT2D eigenvalue weighted by Gasteiger charge is -2.14. The van der Waals surface area contributed by atoms with Gasteiger partial charge >= 0.3 is 5.69 Å². The summed E-state index contributed by atoms with van der Waals surface area (Å²) < 4.78 is 8.01. The third-order valence-corrected chi connectivity index (χ3v) is 5.03. The summed E-state index contributed by atoms with van der Waals surface area (Å²) in [5.74, 6) is 0. The normalized spacial score (nSPS) is 11.4. The van der Waals surface area contributed by atoms with Crippen molar-refractivity contribution >= 4 is 8.07 Å². The summed E-state index contributed by atoms with van der Waals surface area (Å²) in [5, 5.41) is 16.5. The molecule has 1 aromatic heterocycles. The van der Waals surface area contributed by atoms with Crippen LogP contribution in [0.1, 0.15) is 11.1 Å². The van der Waals surface area contributed by atoms with Crippen molar-refractivity contribution in [2.24, 2.45) is 0 Å². The Morgan fingerprint density at radius 2 is 1.83 bits per heavy atom. The molecule has 0 saturated heterocycles. The fourth-order valence-corrected chi connectivity index (χ4v) is 2.63. The third kappa shape index (κ3) is 5.16. The predicted octanol–water partition coefficient (Wildman–Crippen LogP) is 1.67. The highest BCUT2D eigenvalue weighted by molar-refractivity contribution is 6.76. The number of ether oxygens (including phenoxy) is 1. The van der Waals surface area contributed by atoms with E-state index in [0.29, 0.717) is 18.7 Å². The molecule has 7 nitrogen and oxygen atoms in total. The minimum atomic E-state index is -1.14. The molecule has 1 aromatic carbocycles. The molecule has 0 radical (unpaired) electrons. The molecule has 0 aliphatic heterocycles. The van der Waals surface area contributed by atoms with Crippen LogP contribution in [0.5, 0.6) is 0 Å². The molecule has 0 saturated carbocycles. The van der Waals surface area contributed by atoms with Crippen LogP contribution in [0.2, 0.25) is 25.7 Å². The van der Waals surface area contributed by atoms with Gasteiger partial charge in [-0.2, -0.15) is 14.6 Å². The number of hydrogen-bond acceptors (Lipinski definition) is 5. The van der Waals surface area contributed by atoms with Crippen LogP contribution in [0.3, 0.4) is 0 Å². The smallest absolute Gasteiger partial charge is 0.359 e. The first-order valence-electron chi connectivity index (χ1n) is 7.46. The Hall–Kier alpha value is -2.24. The van der Waals surface area contributed by atoms with Crippen LogP contribution in [-0.2, 0) is 18.0 Å². The van der Waals surface area contributed by atoms with Gasteiger partial charge < -0.3 is 4.74 Å². The quantitative estimate of drug-likeness (QED) is 0.569. The number of nitrogens with zero attached hydrogens (tertiary/aromatic N) is 5. The number of benzene rings is 1. The van der Waals surface area contributed by atoms with Crippen molar-refractivity contribution in [2.75, 3.05) is 6.61 Å². The molecule has 2 aromatic rings. The minimum absolute atomic E-state index is 0.122. The summed E-state index contributed by atoms with van der Waals surface area (Å²) in [6.07, 6.45) is 0. The van der Waals surface area contributed by atoms with Crippen LogP contribution in [0, 0.1) is 11.3 Å². The van der Waals surface area contributed by atoms with Gasteiger partial charge in [0.25, 0.3) is 0 Å². The van der Waals surface area contributed by atoms with Gasteiger partial charge in [-0.25, -0.2) is 4.79 Å². The maximum absolute atomic E-state index is 12.2. The first-order valence-corrected chi connectivity index (χ1v) is 11.2. The molecule has 0 unspecified atom stereocenters. The van der Waals surface area contributed by atoms with Crippen molar-refractivity contribution < 1.29 is 4.74 Å². The number of rotatable bonds is 7. The van der Waals surface area contributed by atoms with E-state index in [0.717, 1.165) is 11.6 Å². The monoisotopic (exact) mass is 331 g/mol. The largest absolute Gasteiger partial charge is 0.366 e. The predicted molar refractivity (Wildman–Crippen MR) is 88.6 cm³/mol. The van der Waals surface area contributed by atoms with Crippen molar-refractivity contribution in [2.45, 2.75) is 39.0 Å². The van der Waals surface area contributed by atoms with E-state index in [9.17, 15) is 4.79 Å². The average molecular weight is 331 g/mol. The SMILES string of the molecule is C[Si](C)(C)CCOCn1nnn(Cc2ccc(C#N)cc2)c1=O. The van der Waals surface area contributed by atoms with Crippen LogP contribution in [0.4, 0.5) is 0 Å². The van der Waals surface area contributed by atoms with E-state index in [1.807, 2.05) is 0 Å². The Morgan fingerprint density at radius 1 is 1.17 bits per heavy atom. The third-order valence-electron chi connectivity index (χ3n) is 3.32. The van der Waals surface area contributed by atoms with Crippen molar-refractivity contribution in [3.8, 4) is 6.07 Å². The molecule has 122 valence electrons. The molecule has 0 spiro atoms. The zero-order valence-electron chi connectivity index (χ0n) is 13.7. The van der Waals surface area contributed by atoms with Gasteiger partial charge in [-0.05, 0) is 34.2 Å². The summed E-state index contributed by atoms with van der Waals surface area (Å²) in [6, 6.07) is 10.1. The standard InChI is InChI=1S/C15H21N5O2Si/c1-23(2,3)9-8-22-12-20-15(21)19(17-18-20)11-14-6-4-13(10-16)5-7-14/h4-7H,8-9,11-12H2,1-3H3. The number of nitriles is 1. The molecule has 0 atom stereocenters. The van der Waals surface area contributed by atoms with Gasteiger partial charge in [0.15, 0.2) is 0 Å². The fourth-order valence-electron chi connectivity index (χ4n) is 1.87. The Labute approximate surface area is 136 Å². The van der Waals surface area contributed by atoms with Crippen molar-refractivity contribution in [3.05, 3.63) is 45.9 Å². The maximum atomic E-state index is 12.2. The molecular formula is C15H21N5O2Si. The van der Waals surface area contributed by atoms with Crippen LogP contribution in [-0.4, -0.2) is 34.5 Å². The van der Waals surface area contributed by atoms with E-state index in [1.54, 1.807) is 24.3 Å². The highest BCUT2D eigenvalue weighted by atomic mass is 28.3. The van der Waals surface area contributed by atoms with E-state index >= 15 is 0 Å². The first kappa shape index (κ1) is 17.1. The van der Waals surface area contributed by atoms with E-state index in [2.05, 4.69) is 36.1 Å². The van der Waals surface area contributed by atoms with Crippen molar-refractivity contribution in [1.82, 2.24) is 19.8 Å². The summed E-state index contributed by atoms with van der Waals surface area (Å²) in [6.45, 7) is 7.89. The Morgan fingerprint density at radius 3 is 2.43 bits per heavy atom. The lowest BCUT2D eigenvalue weighted by atomic mass is 10.1. The average Bonchev–Trinajstić information content (AvgIpc) is 2.84. The second kappa shape index (κ2) is 7.35. The lowest BCUT2D eigenvalue weighted by molar-refractivity contribution is 0.0747. The molecule has 0 aliphatic rings. The van der Waals surface area contributed by atoms with E-state index < -0.39 is 8.07 Å². The van der Waals surface area contributed by atoms with Gasteiger partial charge in [0.05, 0.1) is 18.2 Å². The van der Waals surface area contributed by atoms with Gasteiger partial charge in [-0.1, -0.05) is 31.8 Å². The van der Waals surface area contributed by atoms with Crippen LogP contribution in [0.25, 0.3) is 0 Å². The Balaban J connectivity index is 1.93. The molecule has 0 aliphatic carbocycles. The van der Waals surface area contributed by atoms with Crippen molar-refractivity contribution in [3.63, 3.8) is 0 Å². The molecule has 0 bridgehead atoms. The second-order valence-corrected chi connectivity index (χ2v) is 12.2. The van der Waals surface area contributed by atoms with E-state index in [4.69, 9.17) is 10.00 Å². The summed E-state index contributed by atoms with van der Waals surface area (Å²) in [4.78, 5) is 12.2. The minimum Gasteiger partial charge on any atom is -0.359 e. The van der Waals surface area contributed by atoms with Gasteiger partial charge in [0.2, 0.25) is 0 Å². The maximum Gasteiger partial charge on any atom is 0.366 e. The molecule has 2 rings (SSSR count). The van der Waals surface area contributed by atoms with Crippen molar-refractivity contribution in [1.29, 1.82) is 5.26 Å². The summed E-state index contributed by atoms with van der Waals surface area (Å²) >= 11 is 0. The lowest BCUT2D eigenvalue weighted by Crippen LogP contribution is -2.27. The van der Waals surface area contributed by atoms with Gasteiger partial charge in [0, 0.05) is 14.7 Å². The second-order valence-electron chi connectivity index (χ2n) is 6.58. The summed E-state index contributed by atoms with van der Waals surface area (Å²) in [5.41, 5.74) is 1.17. The Kier molecular flexibility index (Phi) is 5.47. The zero-order valence-corrected chi connectivity index (χ0v) is 14.7. The fraction of sp³-hybridized carbons (Fsp3) is 0.467. The van der Waals surface area contributed by atoms with E-state index in [1.165, 1.54) is 9.36 Å². The molecule has 23 heavy (non-hydrogen) atoms. The molecule has 1 heterocycles. The number of tetrazole rings is 1. The molecule has 0 fully saturated rings. The topological polar surface area (TPSA) is 85.7 Å².